The van der Waals surface area contributed by atoms with Crippen molar-refractivity contribution in [1.82, 2.24) is 10.2 Å². The van der Waals surface area contributed by atoms with Crippen LogP contribution in [0.1, 0.15) is 55.5 Å². The van der Waals surface area contributed by atoms with Gasteiger partial charge < -0.3 is 19.7 Å². The maximum Gasteiger partial charge on any atom is 0.329 e. The van der Waals surface area contributed by atoms with Gasteiger partial charge in [-0.15, -0.1) is 0 Å². The summed E-state index contributed by atoms with van der Waals surface area (Å²) in [5, 5.41) is 12.4. The Morgan fingerprint density at radius 3 is 2.40 bits per heavy atom. The van der Waals surface area contributed by atoms with Crippen LogP contribution < -0.4 is 5.32 Å². The number of piperidine rings is 1. The average molecular weight is 348 g/mol. The Bertz CT molecular complexity index is 626. The minimum atomic E-state index is -1.11. The molecule has 0 spiro atoms. The maximum absolute atomic E-state index is 12.6. The normalized spacial score (nSPS) is 20.9. The Hall–Kier alpha value is -2.31. The van der Waals surface area contributed by atoms with E-state index in [4.69, 9.17) is 4.42 Å². The lowest BCUT2D eigenvalue weighted by atomic mass is 9.81. The molecule has 2 fully saturated rings. The molecular weight excluding hydrogens is 324 g/mol. The van der Waals surface area contributed by atoms with Crippen LogP contribution in [0.2, 0.25) is 0 Å². The smallest absolute Gasteiger partial charge is 0.329 e. The summed E-state index contributed by atoms with van der Waals surface area (Å²) >= 11 is 0. The fourth-order valence-corrected chi connectivity index (χ4v) is 3.79. The Morgan fingerprint density at radius 2 is 1.84 bits per heavy atom. The number of likely N-dealkylation sites (tertiary alicyclic amines) is 1. The summed E-state index contributed by atoms with van der Waals surface area (Å²) in [4.78, 5) is 38.2. The SMILES string of the molecule is O=C(NC1(C(=O)O)CCCCC1)C1CCN(C(=O)c2ccco2)CC1. The number of amides is 2. The molecule has 0 aromatic carbocycles. The number of furan rings is 1. The fourth-order valence-electron chi connectivity index (χ4n) is 3.79. The van der Waals surface area contributed by atoms with Gasteiger partial charge in [0.1, 0.15) is 5.54 Å². The molecule has 1 aliphatic carbocycles. The van der Waals surface area contributed by atoms with Gasteiger partial charge in [-0.05, 0) is 37.8 Å². The van der Waals surface area contributed by atoms with Gasteiger partial charge in [-0.3, -0.25) is 9.59 Å². The predicted octanol–water partition coefficient (Wildman–Crippen LogP) is 2.04. The molecule has 3 rings (SSSR count). The van der Waals surface area contributed by atoms with Gasteiger partial charge in [-0.2, -0.15) is 0 Å². The maximum atomic E-state index is 12.6. The average Bonchev–Trinajstić information content (AvgIpc) is 3.16. The van der Waals surface area contributed by atoms with Crippen LogP contribution in [-0.2, 0) is 9.59 Å². The summed E-state index contributed by atoms with van der Waals surface area (Å²) in [7, 11) is 0. The molecule has 2 amide bonds. The molecule has 1 saturated heterocycles. The molecule has 0 radical (unpaired) electrons. The second-order valence-corrected chi connectivity index (χ2v) is 6.98. The topological polar surface area (TPSA) is 99.9 Å². The van der Waals surface area contributed by atoms with Crippen molar-refractivity contribution >= 4 is 17.8 Å². The Balaban J connectivity index is 1.56. The van der Waals surface area contributed by atoms with Gasteiger partial charge >= 0.3 is 5.97 Å². The van der Waals surface area contributed by atoms with E-state index in [2.05, 4.69) is 5.32 Å². The van der Waals surface area contributed by atoms with Crippen molar-refractivity contribution < 1.29 is 23.9 Å². The van der Waals surface area contributed by atoms with Crippen LogP contribution in [0, 0.1) is 5.92 Å². The Labute approximate surface area is 146 Å². The highest BCUT2D eigenvalue weighted by Gasteiger charge is 2.42. The van der Waals surface area contributed by atoms with Crippen molar-refractivity contribution in [2.45, 2.75) is 50.5 Å². The van der Waals surface area contributed by atoms with E-state index >= 15 is 0 Å². The largest absolute Gasteiger partial charge is 0.480 e. The zero-order valence-electron chi connectivity index (χ0n) is 14.2. The van der Waals surface area contributed by atoms with Gasteiger partial charge in [0.15, 0.2) is 5.76 Å². The number of carboxylic acid groups (broad SMARTS) is 1. The zero-order chi connectivity index (χ0) is 17.9. The van der Waals surface area contributed by atoms with Crippen LogP contribution in [-0.4, -0.2) is 46.4 Å². The van der Waals surface area contributed by atoms with Crippen molar-refractivity contribution in [2.24, 2.45) is 5.92 Å². The third-order valence-electron chi connectivity index (χ3n) is 5.36. The van der Waals surface area contributed by atoms with Crippen LogP contribution in [0.5, 0.6) is 0 Å². The van der Waals surface area contributed by atoms with E-state index in [-0.39, 0.29) is 17.7 Å². The van der Waals surface area contributed by atoms with Gasteiger partial charge in [-0.25, -0.2) is 4.79 Å². The molecule has 25 heavy (non-hydrogen) atoms. The highest BCUT2D eigenvalue weighted by Crippen LogP contribution is 2.30. The van der Waals surface area contributed by atoms with E-state index in [1.165, 1.54) is 6.26 Å². The van der Waals surface area contributed by atoms with Crippen LogP contribution >= 0.6 is 0 Å². The third kappa shape index (κ3) is 3.70. The molecule has 7 heteroatoms. The Morgan fingerprint density at radius 1 is 1.16 bits per heavy atom. The molecule has 1 aliphatic heterocycles. The van der Waals surface area contributed by atoms with Crippen LogP contribution in [0.25, 0.3) is 0 Å². The first-order valence-corrected chi connectivity index (χ1v) is 8.90. The van der Waals surface area contributed by atoms with Crippen molar-refractivity contribution in [1.29, 1.82) is 0 Å². The molecule has 0 atom stereocenters. The molecule has 0 unspecified atom stereocenters. The lowest BCUT2D eigenvalue weighted by molar-refractivity contribution is -0.150. The summed E-state index contributed by atoms with van der Waals surface area (Å²) in [6.07, 6.45) is 6.17. The summed E-state index contributed by atoms with van der Waals surface area (Å²) < 4.78 is 5.13. The summed E-state index contributed by atoms with van der Waals surface area (Å²) in [6.45, 7) is 0.940. The number of aliphatic carboxylic acids is 1. The second-order valence-electron chi connectivity index (χ2n) is 6.98. The Kier molecular flexibility index (Phi) is 5.11. The first-order valence-electron chi connectivity index (χ1n) is 8.90. The van der Waals surface area contributed by atoms with E-state index < -0.39 is 11.5 Å². The van der Waals surface area contributed by atoms with Gasteiger partial charge in [0.05, 0.1) is 6.26 Å². The molecule has 0 bridgehead atoms. The van der Waals surface area contributed by atoms with Gasteiger partial charge in [0.25, 0.3) is 5.91 Å². The van der Waals surface area contributed by atoms with Gasteiger partial charge in [0, 0.05) is 19.0 Å². The van der Waals surface area contributed by atoms with Crippen molar-refractivity contribution in [2.75, 3.05) is 13.1 Å². The molecular formula is C18H24N2O5. The lowest BCUT2D eigenvalue weighted by Crippen LogP contribution is -2.57. The molecule has 2 aliphatic rings. The molecule has 1 aromatic rings. The van der Waals surface area contributed by atoms with Crippen molar-refractivity contribution in [3.05, 3.63) is 24.2 Å². The van der Waals surface area contributed by atoms with Crippen LogP contribution in [0.3, 0.4) is 0 Å². The molecule has 2 heterocycles. The minimum Gasteiger partial charge on any atom is -0.480 e. The number of carboxylic acids is 1. The quantitative estimate of drug-likeness (QED) is 0.867. The van der Waals surface area contributed by atoms with E-state index in [9.17, 15) is 19.5 Å². The standard InChI is InChI=1S/C18H24N2O5/c21-15(19-18(17(23)24)8-2-1-3-9-18)13-6-10-20(11-7-13)16(22)14-5-4-12-25-14/h4-5,12-13H,1-3,6-11H2,(H,19,21)(H,23,24). The van der Waals surface area contributed by atoms with E-state index in [0.29, 0.717) is 44.5 Å². The molecule has 7 nitrogen and oxygen atoms in total. The monoisotopic (exact) mass is 348 g/mol. The number of hydrogen-bond donors (Lipinski definition) is 2. The number of rotatable bonds is 4. The van der Waals surface area contributed by atoms with Crippen LogP contribution in [0.15, 0.2) is 22.8 Å². The van der Waals surface area contributed by atoms with Gasteiger partial charge in [-0.1, -0.05) is 19.3 Å². The first-order chi connectivity index (χ1) is 12.0. The summed E-state index contributed by atoms with van der Waals surface area (Å²) in [5.74, 6) is -1.26. The van der Waals surface area contributed by atoms with Crippen LogP contribution in [0.4, 0.5) is 0 Å². The molecule has 2 N–H and O–H groups in total. The number of hydrogen-bond acceptors (Lipinski definition) is 4. The molecule has 1 saturated carbocycles. The zero-order valence-corrected chi connectivity index (χ0v) is 14.2. The number of nitrogens with one attached hydrogen (secondary N) is 1. The number of carbonyl (C=O) groups excluding carboxylic acids is 2. The van der Waals surface area contributed by atoms with Crippen molar-refractivity contribution in [3.8, 4) is 0 Å². The van der Waals surface area contributed by atoms with Gasteiger partial charge in [0.2, 0.25) is 5.91 Å². The highest BCUT2D eigenvalue weighted by atomic mass is 16.4. The van der Waals surface area contributed by atoms with E-state index in [1.807, 2.05) is 0 Å². The second kappa shape index (κ2) is 7.29. The lowest BCUT2D eigenvalue weighted by Gasteiger charge is -2.37. The molecule has 136 valence electrons. The van der Waals surface area contributed by atoms with Crippen molar-refractivity contribution in [3.63, 3.8) is 0 Å². The van der Waals surface area contributed by atoms with E-state index in [1.54, 1.807) is 17.0 Å². The number of carbonyl (C=O) groups is 3. The molecule has 1 aromatic heterocycles. The fraction of sp³-hybridized carbons (Fsp3) is 0.611. The summed E-state index contributed by atoms with van der Waals surface area (Å²) in [5.41, 5.74) is -1.11. The highest BCUT2D eigenvalue weighted by molar-refractivity contribution is 5.92. The third-order valence-corrected chi connectivity index (χ3v) is 5.36. The first kappa shape index (κ1) is 17.5. The summed E-state index contributed by atoms with van der Waals surface area (Å²) in [6, 6.07) is 3.30. The minimum absolute atomic E-state index is 0.168. The number of nitrogens with zero attached hydrogens (tertiary/aromatic N) is 1. The predicted molar refractivity (Wildman–Crippen MR) is 88.9 cm³/mol. The van der Waals surface area contributed by atoms with E-state index in [0.717, 1.165) is 19.3 Å².